The molecular formula is C29H41N3O4. The molecule has 1 amide bonds. The van der Waals surface area contributed by atoms with E-state index in [9.17, 15) is 14.7 Å². The molecule has 36 heavy (non-hydrogen) atoms. The second-order valence-electron chi connectivity index (χ2n) is 8.62. The highest BCUT2D eigenvalue weighted by molar-refractivity contribution is 5.89. The standard InChI is InChI=1S/C29H41N3O4/c1-2-3-4-5-6-7-8-9-10-11-12-13-14-15-16-17-18-19-27(34)30-26-22-23-32(29(35)31-26)28-21-20-25(24-33)36-28/h3-4,6-7,9-10,12-13,15-16,22-23,25,28,33H,2,5,8,11,14,17-21,24H2,1H3,(H,30,31,34,35)/t25-,28?/m0/s1. The quantitative estimate of drug-likeness (QED) is 0.224. The number of nitrogens with one attached hydrogen (secondary N) is 1. The van der Waals surface area contributed by atoms with Gasteiger partial charge in [-0.1, -0.05) is 67.7 Å². The van der Waals surface area contributed by atoms with Crippen LogP contribution in [0, 0.1) is 0 Å². The zero-order chi connectivity index (χ0) is 25.8. The second-order valence-corrected chi connectivity index (χ2v) is 8.62. The van der Waals surface area contributed by atoms with Gasteiger partial charge in [0, 0.05) is 12.6 Å². The summed E-state index contributed by atoms with van der Waals surface area (Å²) in [6.07, 6.45) is 30.7. The molecule has 0 saturated carbocycles. The number of nitrogens with zero attached hydrogens (tertiary/aromatic N) is 2. The van der Waals surface area contributed by atoms with E-state index in [4.69, 9.17) is 4.74 Å². The molecular weight excluding hydrogens is 454 g/mol. The molecule has 1 aliphatic heterocycles. The summed E-state index contributed by atoms with van der Waals surface area (Å²) in [6, 6.07) is 1.60. The summed E-state index contributed by atoms with van der Waals surface area (Å²) in [5.41, 5.74) is -0.477. The number of carbonyl (C=O) groups excluding carboxylic acids is 1. The van der Waals surface area contributed by atoms with Crippen LogP contribution in [-0.4, -0.2) is 33.3 Å². The molecule has 1 aromatic rings. The predicted molar refractivity (Wildman–Crippen MR) is 146 cm³/mol. The van der Waals surface area contributed by atoms with Gasteiger partial charge in [-0.3, -0.25) is 9.36 Å². The summed E-state index contributed by atoms with van der Waals surface area (Å²) < 4.78 is 7.01. The molecule has 1 aliphatic rings. The lowest BCUT2D eigenvalue weighted by Crippen LogP contribution is -2.28. The number of allylic oxidation sites excluding steroid dienone is 10. The Balaban J connectivity index is 1.54. The van der Waals surface area contributed by atoms with E-state index in [1.54, 1.807) is 12.3 Å². The third-order valence-corrected chi connectivity index (χ3v) is 5.63. The summed E-state index contributed by atoms with van der Waals surface area (Å²) in [4.78, 5) is 28.3. The summed E-state index contributed by atoms with van der Waals surface area (Å²) >= 11 is 0. The highest BCUT2D eigenvalue weighted by Gasteiger charge is 2.26. The van der Waals surface area contributed by atoms with E-state index in [1.165, 1.54) is 4.57 Å². The highest BCUT2D eigenvalue weighted by Crippen LogP contribution is 2.26. The lowest BCUT2D eigenvalue weighted by atomic mass is 10.2. The van der Waals surface area contributed by atoms with E-state index in [0.29, 0.717) is 19.3 Å². The molecule has 7 nitrogen and oxygen atoms in total. The molecule has 1 unspecified atom stereocenters. The van der Waals surface area contributed by atoms with Crippen LogP contribution in [0.4, 0.5) is 5.82 Å². The fourth-order valence-corrected chi connectivity index (χ4v) is 3.68. The zero-order valence-electron chi connectivity index (χ0n) is 21.4. The molecule has 2 rings (SSSR count). The van der Waals surface area contributed by atoms with Crippen molar-refractivity contribution in [3.63, 3.8) is 0 Å². The van der Waals surface area contributed by atoms with Crippen molar-refractivity contribution < 1.29 is 14.6 Å². The smallest absolute Gasteiger partial charge is 0.351 e. The van der Waals surface area contributed by atoms with E-state index >= 15 is 0 Å². The van der Waals surface area contributed by atoms with Crippen molar-refractivity contribution in [1.82, 2.24) is 9.55 Å². The van der Waals surface area contributed by atoms with Crippen LogP contribution >= 0.6 is 0 Å². The van der Waals surface area contributed by atoms with Crippen molar-refractivity contribution in [3.05, 3.63) is 83.5 Å². The van der Waals surface area contributed by atoms with Gasteiger partial charge in [0.15, 0.2) is 0 Å². The Kier molecular flexibility index (Phi) is 14.8. The molecule has 1 saturated heterocycles. The Hall–Kier alpha value is -3.03. The first-order chi connectivity index (χ1) is 17.6. The number of aliphatic hydroxyl groups is 1. The molecule has 0 bridgehead atoms. The van der Waals surface area contributed by atoms with Crippen LogP contribution in [-0.2, 0) is 9.53 Å². The number of rotatable bonds is 16. The predicted octanol–water partition coefficient (Wildman–Crippen LogP) is 5.77. The second kappa shape index (κ2) is 18.3. The fraction of sp³-hybridized carbons (Fsp3) is 0.483. The third-order valence-electron chi connectivity index (χ3n) is 5.63. The molecule has 2 N–H and O–H groups in total. The number of hydrogen-bond donors (Lipinski definition) is 2. The molecule has 0 radical (unpaired) electrons. The van der Waals surface area contributed by atoms with Crippen molar-refractivity contribution >= 4 is 11.7 Å². The maximum atomic E-state index is 12.3. The molecule has 0 spiro atoms. The summed E-state index contributed by atoms with van der Waals surface area (Å²) in [5, 5.41) is 11.9. The number of carbonyl (C=O) groups is 1. The molecule has 0 aromatic carbocycles. The topological polar surface area (TPSA) is 93.5 Å². The van der Waals surface area contributed by atoms with Gasteiger partial charge >= 0.3 is 5.69 Å². The van der Waals surface area contributed by atoms with Crippen LogP contribution in [0.2, 0.25) is 0 Å². The van der Waals surface area contributed by atoms with Gasteiger partial charge in [0.1, 0.15) is 12.0 Å². The van der Waals surface area contributed by atoms with Crippen LogP contribution in [0.25, 0.3) is 0 Å². The number of unbranched alkanes of at least 4 members (excludes halogenated alkanes) is 1. The van der Waals surface area contributed by atoms with E-state index in [2.05, 4.69) is 78.0 Å². The number of amides is 1. The number of anilines is 1. The van der Waals surface area contributed by atoms with Crippen LogP contribution in [0.3, 0.4) is 0 Å². The van der Waals surface area contributed by atoms with Crippen LogP contribution in [0.1, 0.15) is 77.4 Å². The van der Waals surface area contributed by atoms with Crippen molar-refractivity contribution in [2.75, 3.05) is 11.9 Å². The van der Waals surface area contributed by atoms with Gasteiger partial charge in [-0.25, -0.2) is 4.79 Å². The Morgan fingerprint density at radius 3 is 2.19 bits per heavy atom. The largest absolute Gasteiger partial charge is 0.394 e. The first-order valence-electron chi connectivity index (χ1n) is 13.0. The average molecular weight is 496 g/mol. The monoisotopic (exact) mass is 495 g/mol. The molecule has 196 valence electrons. The van der Waals surface area contributed by atoms with Gasteiger partial charge in [-0.2, -0.15) is 4.98 Å². The molecule has 0 aliphatic carbocycles. The molecule has 2 atom stereocenters. The minimum Gasteiger partial charge on any atom is -0.394 e. The normalized spacial score (nSPS) is 18.6. The van der Waals surface area contributed by atoms with Gasteiger partial charge in [0.05, 0.1) is 12.7 Å². The van der Waals surface area contributed by atoms with E-state index < -0.39 is 11.9 Å². The minimum absolute atomic E-state index is 0.0631. The first-order valence-corrected chi connectivity index (χ1v) is 13.0. The van der Waals surface area contributed by atoms with Crippen LogP contribution < -0.4 is 11.0 Å². The maximum absolute atomic E-state index is 12.3. The van der Waals surface area contributed by atoms with Crippen molar-refractivity contribution in [2.45, 2.75) is 83.5 Å². The highest BCUT2D eigenvalue weighted by atomic mass is 16.5. The molecule has 7 heteroatoms. The van der Waals surface area contributed by atoms with Crippen molar-refractivity contribution in [2.24, 2.45) is 0 Å². The summed E-state index contributed by atoms with van der Waals surface area (Å²) in [6.45, 7) is 2.08. The fourth-order valence-electron chi connectivity index (χ4n) is 3.68. The average Bonchev–Trinajstić information content (AvgIpc) is 3.35. The molecule has 1 aromatic heterocycles. The number of hydrogen-bond acceptors (Lipinski definition) is 5. The van der Waals surface area contributed by atoms with E-state index in [0.717, 1.165) is 44.9 Å². The van der Waals surface area contributed by atoms with Gasteiger partial charge in [-0.05, 0) is 63.9 Å². The zero-order valence-corrected chi connectivity index (χ0v) is 21.4. The van der Waals surface area contributed by atoms with Crippen LogP contribution in [0.15, 0.2) is 77.8 Å². The SMILES string of the molecule is CCC=CCC=CCC=CCC=CCC=CCCCC(=O)Nc1ccn(C2CC[C@@H](CO)O2)c(=O)n1. The number of aromatic nitrogens is 2. The van der Waals surface area contributed by atoms with Gasteiger partial charge in [-0.15, -0.1) is 0 Å². The third kappa shape index (κ3) is 12.1. The van der Waals surface area contributed by atoms with Gasteiger partial charge < -0.3 is 15.2 Å². The lowest BCUT2D eigenvalue weighted by molar-refractivity contribution is -0.116. The first kappa shape index (κ1) is 29.2. The maximum Gasteiger partial charge on any atom is 0.351 e. The minimum atomic E-state index is -0.477. The van der Waals surface area contributed by atoms with E-state index in [-0.39, 0.29) is 24.4 Å². The van der Waals surface area contributed by atoms with E-state index in [1.807, 2.05) is 0 Å². The van der Waals surface area contributed by atoms with Gasteiger partial charge in [0.2, 0.25) is 5.91 Å². The Bertz CT molecular complexity index is 975. The molecule has 1 fully saturated rings. The van der Waals surface area contributed by atoms with Crippen molar-refractivity contribution in [3.8, 4) is 0 Å². The Labute approximate surface area is 215 Å². The van der Waals surface area contributed by atoms with Gasteiger partial charge in [0.25, 0.3) is 0 Å². The Morgan fingerprint density at radius 1 is 1.03 bits per heavy atom. The Morgan fingerprint density at radius 2 is 1.64 bits per heavy atom. The van der Waals surface area contributed by atoms with Crippen LogP contribution in [0.5, 0.6) is 0 Å². The van der Waals surface area contributed by atoms with Crippen molar-refractivity contribution in [1.29, 1.82) is 0 Å². The summed E-state index contributed by atoms with van der Waals surface area (Å²) in [7, 11) is 0. The number of aliphatic hydroxyl groups excluding tert-OH is 1. The molecule has 2 heterocycles. The number of ether oxygens (including phenoxy) is 1. The lowest BCUT2D eigenvalue weighted by Gasteiger charge is -2.14. The summed E-state index contributed by atoms with van der Waals surface area (Å²) in [5.74, 6) is 0.0808.